The van der Waals surface area contributed by atoms with Gasteiger partial charge in [0.05, 0.1) is 19.8 Å². The summed E-state index contributed by atoms with van der Waals surface area (Å²) < 4.78 is 10.2. The molecule has 0 saturated heterocycles. The van der Waals surface area contributed by atoms with E-state index in [-0.39, 0.29) is 6.61 Å². The summed E-state index contributed by atoms with van der Waals surface area (Å²) in [5.41, 5.74) is 0. The molecule has 0 saturated carbocycles. The molecule has 2 N–H and O–H groups in total. The van der Waals surface area contributed by atoms with E-state index >= 15 is 0 Å². The molecule has 4 nitrogen and oxygen atoms in total. The number of hydrogen-bond acceptors (Lipinski definition) is 4. The van der Waals surface area contributed by atoms with Crippen molar-refractivity contribution >= 4 is 0 Å². The fraction of sp³-hybridized carbons (Fsp3) is 1.00. The van der Waals surface area contributed by atoms with Crippen molar-refractivity contribution in [2.45, 2.75) is 26.3 Å². The minimum atomic E-state index is 0.236. The topological polar surface area (TPSA) is 50.7 Å². The normalized spacial score (nSPS) is 13.4. The van der Waals surface area contributed by atoms with Gasteiger partial charge in [-0.25, -0.2) is 0 Å². The molecule has 1 unspecified atom stereocenters. The highest BCUT2D eigenvalue weighted by Gasteiger charge is 2.10. The lowest BCUT2D eigenvalue weighted by molar-refractivity contribution is 0.0699. The minimum absolute atomic E-state index is 0.236. The average molecular weight is 219 g/mol. The van der Waals surface area contributed by atoms with Crippen LogP contribution >= 0.6 is 0 Å². The van der Waals surface area contributed by atoms with Crippen LogP contribution in [0.5, 0.6) is 0 Å². The molecule has 0 aromatic rings. The molecule has 15 heavy (non-hydrogen) atoms. The zero-order valence-electron chi connectivity index (χ0n) is 10.2. The van der Waals surface area contributed by atoms with Gasteiger partial charge in [-0.05, 0) is 12.3 Å². The molecule has 0 aromatic heterocycles. The molecule has 0 radical (unpaired) electrons. The Morgan fingerprint density at radius 3 is 2.47 bits per heavy atom. The summed E-state index contributed by atoms with van der Waals surface area (Å²) in [6.07, 6.45) is 0.801. The van der Waals surface area contributed by atoms with Crippen LogP contribution in [0.1, 0.15) is 20.3 Å². The first-order valence-corrected chi connectivity index (χ1v) is 5.63. The molecule has 0 rings (SSSR count). The van der Waals surface area contributed by atoms with Gasteiger partial charge in [-0.2, -0.15) is 0 Å². The standard InChI is InChI=1S/C11H25NO3/c1-10(2)11(4-6-13)12-5-7-15-9-8-14-3/h10-13H,4-9H2,1-3H3. The van der Waals surface area contributed by atoms with Crippen LogP contribution in [0.25, 0.3) is 0 Å². The summed E-state index contributed by atoms with van der Waals surface area (Å²) in [4.78, 5) is 0. The van der Waals surface area contributed by atoms with Crippen LogP contribution < -0.4 is 5.32 Å². The van der Waals surface area contributed by atoms with Crippen LogP contribution in [0.15, 0.2) is 0 Å². The minimum Gasteiger partial charge on any atom is -0.396 e. The number of aliphatic hydroxyl groups excluding tert-OH is 1. The Hall–Kier alpha value is -0.160. The lowest BCUT2D eigenvalue weighted by Gasteiger charge is -2.21. The van der Waals surface area contributed by atoms with Crippen LogP contribution in [0, 0.1) is 5.92 Å². The predicted octanol–water partition coefficient (Wildman–Crippen LogP) is 0.646. The van der Waals surface area contributed by atoms with Crippen LogP contribution in [0.4, 0.5) is 0 Å². The quantitative estimate of drug-likeness (QED) is 0.530. The van der Waals surface area contributed by atoms with Crippen molar-refractivity contribution < 1.29 is 14.6 Å². The molecule has 0 aliphatic rings. The van der Waals surface area contributed by atoms with Gasteiger partial charge in [-0.3, -0.25) is 0 Å². The molecular formula is C11H25NO3. The third-order valence-corrected chi connectivity index (χ3v) is 2.33. The van der Waals surface area contributed by atoms with Crippen molar-refractivity contribution in [3.8, 4) is 0 Å². The first-order valence-electron chi connectivity index (χ1n) is 5.63. The van der Waals surface area contributed by atoms with Gasteiger partial charge < -0.3 is 19.9 Å². The Kier molecular flexibility index (Phi) is 10.3. The fourth-order valence-electron chi connectivity index (χ4n) is 1.37. The average Bonchev–Trinajstić information content (AvgIpc) is 2.21. The number of hydrogen-bond donors (Lipinski definition) is 2. The van der Waals surface area contributed by atoms with E-state index in [4.69, 9.17) is 14.6 Å². The number of ether oxygens (including phenoxy) is 2. The number of methoxy groups -OCH3 is 1. The first-order chi connectivity index (χ1) is 7.22. The molecule has 92 valence electrons. The van der Waals surface area contributed by atoms with Gasteiger partial charge in [-0.1, -0.05) is 13.8 Å². The molecular weight excluding hydrogens is 194 g/mol. The molecule has 0 aromatic carbocycles. The van der Waals surface area contributed by atoms with E-state index in [1.807, 2.05) is 0 Å². The molecule has 0 heterocycles. The Morgan fingerprint density at radius 1 is 1.20 bits per heavy atom. The van der Waals surface area contributed by atoms with Crippen molar-refractivity contribution in [1.82, 2.24) is 5.32 Å². The summed E-state index contributed by atoms with van der Waals surface area (Å²) in [7, 11) is 1.66. The molecule has 4 heteroatoms. The van der Waals surface area contributed by atoms with Gasteiger partial charge in [0.25, 0.3) is 0 Å². The maximum Gasteiger partial charge on any atom is 0.0700 e. The SMILES string of the molecule is COCCOCCNC(CCO)C(C)C. The Morgan fingerprint density at radius 2 is 1.93 bits per heavy atom. The second-order valence-corrected chi connectivity index (χ2v) is 3.92. The molecule has 0 aliphatic heterocycles. The monoisotopic (exact) mass is 219 g/mol. The summed E-state index contributed by atoms with van der Waals surface area (Å²) in [5.74, 6) is 0.538. The molecule has 0 spiro atoms. The van der Waals surface area contributed by atoms with Crippen LogP contribution in [0.2, 0.25) is 0 Å². The van der Waals surface area contributed by atoms with E-state index in [0.29, 0.717) is 31.8 Å². The Balaban J connectivity index is 3.37. The van der Waals surface area contributed by atoms with Gasteiger partial charge in [0.15, 0.2) is 0 Å². The van der Waals surface area contributed by atoms with E-state index < -0.39 is 0 Å². The van der Waals surface area contributed by atoms with Gasteiger partial charge in [0.1, 0.15) is 0 Å². The smallest absolute Gasteiger partial charge is 0.0700 e. The number of nitrogens with one attached hydrogen (secondary N) is 1. The van der Waals surface area contributed by atoms with E-state index in [9.17, 15) is 0 Å². The zero-order valence-corrected chi connectivity index (χ0v) is 10.2. The Bertz CT molecular complexity index is 131. The number of rotatable bonds is 10. The van der Waals surface area contributed by atoms with Gasteiger partial charge in [0.2, 0.25) is 0 Å². The van der Waals surface area contributed by atoms with E-state index in [1.54, 1.807) is 7.11 Å². The molecule has 0 fully saturated rings. The summed E-state index contributed by atoms with van der Waals surface area (Å²) >= 11 is 0. The highest BCUT2D eigenvalue weighted by Crippen LogP contribution is 2.04. The second-order valence-electron chi connectivity index (χ2n) is 3.92. The summed E-state index contributed by atoms with van der Waals surface area (Å²) in [6.45, 7) is 7.35. The molecule has 1 atom stereocenters. The first kappa shape index (κ1) is 14.8. The van der Waals surface area contributed by atoms with Crippen LogP contribution in [-0.2, 0) is 9.47 Å². The second kappa shape index (κ2) is 10.4. The van der Waals surface area contributed by atoms with Crippen molar-refractivity contribution in [3.05, 3.63) is 0 Å². The van der Waals surface area contributed by atoms with E-state index in [1.165, 1.54) is 0 Å². The maximum absolute atomic E-state index is 8.87. The predicted molar refractivity (Wildman–Crippen MR) is 61.0 cm³/mol. The van der Waals surface area contributed by atoms with E-state index in [2.05, 4.69) is 19.2 Å². The molecule has 0 amide bonds. The van der Waals surface area contributed by atoms with Crippen molar-refractivity contribution in [1.29, 1.82) is 0 Å². The third-order valence-electron chi connectivity index (χ3n) is 2.33. The largest absolute Gasteiger partial charge is 0.396 e. The molecule has 0 aliphatic carbocycles. The lowest BCUT2D eigenvalue weighted by atomic mass is 10.0. The lowest BCUT2D eigenvalue weighted by Crippen LogP contribution is -2.36. The van der Waals surface area contributed by atoms with Crippen molar-refractivity contribution in [3.63, 3.8) is 0 Å². The fourth-order valence-corrected chi connectivity index (χ4v) is 1.37. The number of aliphatic hydroxyl groups is 1. The summed E-state index contributed by atoms with van der Waals surface area (Å²) in [6, 6.07) is 0.376. The van der Waals surface area contributed by atoms with Gasteiger partial charge in [0, 0.05) is 26.3 Å². The van der Waals surface area contributed by atoms with E-state index in [0.717, 1.165) is 13.0 Å². The molecule has 0 bridgehead atoms. The zero-order chi connectivity index (χ0) is 11.5. The van der Waals surface area contributed by atoms with Crippen LogP contribution in [-0.4, -0.2) is 51.2 Å². The summed E-state index contributed by atoms with van der Waals surface area (Å²) in [5, 5.41) is 12.2. The van der Waals surface area contributed by atoms with Gasteiger partial charge >= 0.3 is 0 Å². The Labute approximate surface area is 93.0 Å². The highest BCUT2D eigenvalue weighted by atomic mass is 16.5. The van der Waals surface area contributed by atoms with Gasteiger partial charge in [-0.15, -0.1) is 0 Å². The third kappa shape index (κ3) is 8.81. The van der Waals surface area contributed by atoms with Crippen molar-refractivity contribution in [2.24, 2.45) is 5.92 Å². The maximum atomic E-state index is 8.87. The van der Waals surface area contributed by atoms with Crippen LogP contribution in [0.3, 0.4) is 0 Å². The van der Waals surface area contributed by atoms with Crippen molar-refractivity contribution in [2.75, 3.05) is 40.1 Å². The highest BCUT2D eigenvalue weighted by molar-refractivity contribution is 4.69.